The predicted molar refractivity (Wildman–Crippen MR) is 126 cm³/mol. The zero-order valence-electron chi connectivity index (χ0n) is 18.1. The number of aryl methyl sites for hydroxylation is 1. The number of hydrogen-bond donors (Lipinski definition) is 3. The Bertz CT molecular complexity index is 1440. The number of tetrazole rings is 1. The van der Waals surface area contributed by atoms with Gasteiger partial charge in [-0.15, -0.1) is 10.2 Å². The number of pyridine rings is 1. The van der Waals surface area contributed by atoms with Crippen molar-refractivity contribution in [1.82, 2.24) is 40.1 Å². The number of nitrogens with zero attached hydrogens (tertiary/aromatic N) is 7. The van der Waals surface area contributed by atoms with E-state index in [0.717, 1.165) is 63.5 Å². The molecule has 168 valence electrons. The van der Waals surface area contributed by atoms with Gasteiger partial charge in [0, 0.05) is 18.2 Å². The third-order valence-corrected chi connectivity index (χ3v) is 6.97. The number of aromatic amines is 1. The van der Waals surface area contributed by atoms with Gasteiger partial charge < -0.3 is 15.4 Å². The number of anilines is 1. The van der Waals surface area contributed by atoms with Gasteiger partial charge in [-0.25, -0.2) is 15.0 Å². The van der Waals surface area contributed by atoms with Crippen LogP contribution in [0.3, 0.4) is 0 Å². The smallest absolute Gasteiger partial charge is 0.206 e. The minimum absolute atomic E-state index is 0.0868. The lowest BCUT2D eigenvalue weighted by atomic mass is 9.93. The molecule has 4 aromatic heterocycles. The van der Waals surface area contributed by atoms with E-state index >= 15 is 0 Å². The number of aliphatic hydroxyl groups is 1. The Balaban J connectivity index is 1.22. The van der Waals surface area contributed by atoms with E-state index in [9.17, 15) is 5.11 Å². The van der Waals surface area contributed by atoms with Crippen LogP contribution in [0.4, 0.5) is 5.13 Å². The van der Waals surface area contributed by atoms with Crippen molar-refractivity contribution in [3.63, 3.8) is 0 Å². The number of thiazole rings is 1. The average Bonchev–Trinajstić information content (AvgIpc) is 3.52. The van der Waals surface area contributed by atoms with Crippen molar-refractivity contribution in [2.24, 2.45) is 7.05 Å². The fourth-order valence-electron chi connectivity index (χ4n) is 4.33. The highest BCUT2D eigenvalue weighted by Crippen LogP contribution is 2.30. The molecule has 5 aromatic rings. The summed E-state index contributed by atoms with van der Waals surface area (Å²) in [6.45, 7) is 0. The van der Waals surface area contributed by atoms with Gasteiger partial charge in [-0.3, -0.25) is 0 Å². The molecular formula is C22H23N9OS. The predicted octanol–water partition coefficient (Wildman–Crippen LogP) is 3.06. The number of H-pyrrole nitrogens is 1. The molecule has 1 aliphatic rings. The molecule has 2 atom stereocenters. The molecular weight excluding hydrogens is 438 g/mol. The Morgan fingerprint density at radius 3 is 2.97 bits per heavy atom. The molecule has 0 bridgehead atoms. The fraction of sp³-hybridized carbons (Fsp3) is 0.364. The molecule has 3 N–H and O–H groups in total. The van der Waals surface area contributed by atoms with E-state index in [1.54, 1.807) is 24.6 Å². The average molecular weight is 462 g/mol. The van der Waals surface area contributed by atoms with E-state index in [0.29, 0.717) is 17.9 Å². The highest BCUT2D eigenvalue weighted by atomic mass is 32.1. The summed E-state index contributed by atoms with van der Waals surface area (Å²) in [4.78, 5) is 18.6. The minimum atomic E-state index is -0.298. The molecule has 1 aliphatic carbocycles. The molecule has 0 spiro atoms. The molecule has 2 unspecified atom stereocenters. The molecule has 4 heterocycles. The van der Waals surface area contributed by atoms with Crippen LogP contribution in [0.25, 0.3) is 32.8 Å². The Hall–Kier alpha value is -3.44. The van der Waals surface area contributed by atoms with Crippen LogP contribution in [0.2, 0.25) is 0 Å². The topological polar surface area (TPSA) is 130 Å². The molecule has 0 radical (unpaired) electrons. The van der Waals surface area contributed by atoms with Gasteiger partial charge in [0.25, 0.3) is 0 Å². The number of fused-ring (bicyclic) bond motifs is 2. The Morgan fingerprint density at radius 1 is 1.21 bits per heavy atom. The normalized spacial score (nSPS) is 18.8. The minimum Gasteiger partial charge on any atom is -0.391 e. The van der Waals surface area contributed by atoms with Crippen molar-refractivity contribution in [2.75, 3.05) is 5.32 Å². The summed E-state index contributed by atoms with van der Waals surface area (Å²) < 4.78 is 1.12. The number of aliphatic hydroxyl groups excluding tert-OH is 1. The summed E-state index contributed by atoms with van der Waals surface area (Å²) in [5.41, 5.74) is 4.40. The Kier molecular flexibility index (Phi) is 4.99. The van der Waals surface area contributed by atoms with Crippen LogP contribution in [0.5, 0.6) is 0 Å². The van der Waals surface area contributed by atoms with Gasteiger partial charge in [0.15, 0.2) is 10.8 Å². The Labute approximate surface area is 193 Å². The SMILES string of the molecule is Cn1nnc(-c2cnc3nc(Cc4ccc5nc(NC6CCCCC6O)sc5c4)[nH]c3c2)n1. The number of benzene rings is 1. The third-order valence-electron chi connectivity index (χ3n) is 6.02. The van der Waals surface area contributed by atoms with Crippen LogP contribution < -0.4 is 5.32 Å². The number of nitrogens with one attached hydrogen (secondary N) is 2. The van der Waals surface area contributed by atoms with Gasteiger partial charge in [-0.1, -0.05) is 30.2 Å². The second-order valence-corrected chi connectivity index (χ2v) is 9.51. The van der Waals surface area contributed by atoms with Gasteiger partial charge in [0.1, 0.15) is 5.82 Å². The van der Waals surface area contributed by atoms with Crippen LogP contribution in [0, 0.1) is 0 Å². The summed E-state index contributed by atoms with van der Waals surface area (Å²) in [5, 5.41) is 26.7. The van der Waals surface area contributed by atoms with Crippen molar-refractivity contribution in [3.05, 3.63) is 41.9 Å². The van der Waals surface area contributed by atoms with Crippen LogP contribution in [-0.2, 0) is 13.5 Å². The first-order valence-corrected chi connectivity index (χ1v) is 11.9. The van der Waals surface area contributed by atoms with Crippen LogP contribution in [-0.4, -0.2) is 57.4 Å². The molecule has 0 saturated heterocycles. The molecule has 0 amide bonds. The fourth-order valence-corrected chi connectivity index (χ4v) is 5.32. The van der Waals surface area contributed by atoms with E-state index in [4.69, 9.17) is 4.98 Å². The summed E-state index contributed by atoms with van der Waals surface area (Å²) in [5.74, 6) is 1.37. The van der Waals surface area contributed by atoms with E-state index < -0.39 is 0 Å². The van der Waals surface area contributed by atoms with E-state index in [1.807, 2.05) is 12.1 Å². The highest BCUT2D eigenvalue weighted by molar-refractivity contribution is 7.22. The maximum Gasteiger partial charge on any atom is 0.206 e. The number of rotatable bonds is 5. The molecule has 33 heavy (non-hydrogen) atoms. The number of hydrogen-bond acceptors (Lipinski definition) is 9. The first-order chi connectivity index (χ1) is 16.1. The first-order valence-electron chi connectivity index (χ1n) is 11.0. The zero-order chi connectivity index (χ0) is 22.4. The van der Waals surface area contributed by atoms with Gasteiger partial charge in [-0.2, -0.15) is 4.80 Å². The summed E-state index contributed by atoms with van der Waals surface area (Å²) in [7, 11) is 1.73. The van der Waals surface area contributed by atoms with Gasteiger partial charge >= 0.3 is 0 Å². The zero-order valence-corrected chi connectivity index (χ0v) is 18.9. The largest absolute Gasteiger partial charge is 0.391 e. The first kappa shape index (κ1) is 20.2. The lowest BCUT2D eigenvalue weighted by molar-refractivity contribution is 0.116. The molecule has 10 nitrogen and oxygen atoms in total. The van der Waals surface area contributed by atoms with Crippen LogP contribution in [0.1, 0.15) is 37.1 Å². The van der Waals surface area contributed by atoms with E-state index in [2.05, 4.69) is 47.8 Å². The van der Waals surface area contributed by atoms with Crippen LogP contribution in [0.15, 0.2) is 30.5 Å². The standard InChI is InChI=1S/C22H23N9OS/c1-31-29-20(28-30-31)13-10-16-21(23-11-13)27-19(24-16)9-12-6-7-15-18(8-12)33-22(26-15)25-14-4-2-3-5-17(14)32/h6-8,10-11,14,17,32H,2-5,9H2,1H3,(H,25,26)(H,23,24,27). The molecule has 0 aliphatic heterocycles. The molecule has 1 fully saturated rings. The third kappa shape index (κ3) is 4.05. The highest BCUT2D eigenvalue weighted by Gasteiger charge is 2.23. The lowest BCUT2D eigenvalue weighted by Gasteiger charge is -2.27. The molecule has 11 heteroatoms. The Morgan fingerprint density at radius 2 is 2.12 bits per heavy atom. The lowest BCUT2D eigenvalue weighted by Crippen LogP contribution is -2.36. The van der Waals surface area contributed by atoms with Crippen molar-refractivity contribution >= 4 is 37.8 Å². The number of imidazole rings is 1. The van der Waals surface area contributed by atoms with Crippen molar-refractivity contribution < 1.29 is 5.11 Å². The van der Waals surface area contributed by atoms with E-state index in [-0.39, 0.29) is 12.1 Å². The van der Waals surface area contributed by atoms with Crippen molar-refractivity contribution in [3.8, 4) is 11.4 Å². The monoisotopic (exact) mass is 461 g/mol. The van der Waals surface area contributed by atoms with E-state index in [1.165, 1.54) is 4.80 Å². The maximum absolute atomic E-state index is 10.2. The van der Waals surface area contributed by atoms with Crippen molar-refractivity contribution in [2.45, 2.75) is 44.2 Å². The van der Waals surface area contributed by atoms with Gasteiger partial charge in [0.2, 0.25) is 5.82 Å². The second-order valence-electron chi connectivity index (χ2n) is 8.48. The molecule has 1 aromatic carbocycles. The summed E-state index contributed by atoms with van der Waals surface area (Å²) in [6.07, 6.45) is 6.16. The molecule has 6 rings (SSSR count). The van der Waals surface area contributed by atoms with Crippen LogP contribution >= 0.6 is 11.3 Å². The second kappa shape index (κ2) is 8.16. The van der Waals surface area contributed by atoms with Gasteiger partial charge in [-0.05, 0) is 41.8 Å². The molecule has 1 saturated carbocycles. The van der Waals surface area contributed by atoms with Crippen molar-refractivity contribution in [1.29, 1.82) is 0 Å². The quantitative estimate of drug-likeness (QED) is 0.364. The maximum atomic E-state index is 10.2. The summed E-state index contributed by atoms with van der Waals surface area (Å²) in [6, 6.07) is 8.31. The number of aromatic nitrogens is 8. The summed E-state index contributed by atoms with van der Waals surface area (Å²) >= 11 is 1.63. The van der Waals surface area contributed by atoms with Gasteiger partial charge in [0.05, 0.1) is 34.9 Å².